The Bertz CT molecular complexity index is 1210. The molecule has 31 heavy (non-hydrogen) atoms. The summed E-state index contributed by atoms with van der Waals surface area (Å²) >= 11 is 0. The van der Waals surface area contributed by atoms with Crippen LogP contribution in [0.3, 0.4) is 0 Å². The van der Waals surface area contributed by atoms with Crippen LogP contribution in [0, 0.1) is 28.4 Å². The van der Waals surface area contributed by atoms with Crippen LogP contribution in [0.1, 0.15) is 34.3 Å². The topological polar surface area (TPSA) is 118 Å². The number of aromatic nitrogens is 1. The second-order valence-corrected chi connectivity index (χ2v) is 7.42. The summed E-state index contributed by atoms with van der Waals surface area (Å²) in [6.07, 6.45) is 2.74. The first-order chi connectivity index (χ1) is 14.9. The highest BCUT2D eigenvalue weighted by molar-refractivity contribution is 6.04. The molecule has 0 unspecified atom stereocenters. The van der Waals surface area contributed by atoms with Gasteiger partial charge in [0.1, 0.15) is 11.9 Å². The van der Waals surface area contributed by atoms with Gasteiger partial charge < -0.3 is 10.1 Å². The molecule has 154 valence electrons. The Morgan fingerprint density at radius 1 is 1.23 bits per heavy atom. The summed E-state index contributed by atoms with van der Waals surface area (Å²) in [6, 6.07) is 17.4. The van der Waals surface area contributed by atoms with Gasteiger partial charge in [0, 0.05) is 29.4 Å². The highest BCUT2D eigenvalue weighted by Gasteiger charge is 2.45. The molecular weight excluding hydrogens is 396 g/mol. The van der Waals surface area contributed by atoms with Gasteiger partial charge in [-0.3, -0.25) is 14.9 Å². The van der Waals surface area contributed by atoms with Crippen LogP contribution in [0.15, 0.2) is 60.8 Å². The second-order valence-electron chi connectivity index (χ2n) is 7.42. The number of hydrogen-bond acceptors (Lipinski definition) is 6. The van der Waals surface area contributed by atoms with Crippen LogP contribution in [0.25, 0.3) is 0 Å². The molecule has 1 saturated carbocycles. The molecule has 0 atom stereocenters. The van der Waals surface area contributed by atoms with E-state index in [1.807, 2.05) is 13.0 Å². The van der Waals surface area contributed by atoms with Gasteiger partial charge in [0.05, 0.1) is 16.4 Å². The zero-order chi connectivity index (χ0) is 22.0. The number of amides is 1. The number of pyridine rings is 1. The van der Waals surface area contributed by atoms with Gasteiger partial charge >= 0.3 is 0 Å². The minimum atomic E-state index is -0.535. The number of nitrogens with one attached hydrogen (secondary N) is 1. The fourth-order valence-corrected chi connectivity index (χ4v) is 3.20. The number of carbonyl (C=O) groups excluding carboxylic acids is 1. The smallest absolute Gasteiger partial charge is 0.287 e. The van der Waals surface area contributed by atoms with E-state index in [-0.39, 0.29) is 17.5 Å². The van der Waals surface area contributed by atoms with Crippen molar-refractivity contribution in [3.05, 3.63) is 87.6 Å². The molecule has 8 heteroatoms. The Hall–Kier alpha value is -4.25. The summed E-state index contributed by atoms with van der Waals surface area (Å²) in [6.45, 7) is 1.86. The number of rotatable bonds is 6. The number of anilines is 1. The van der Waals surface area contributed by atoms with Crippen LogP contribution >= 0.6 is 0 Å². The fourth-order valence-electron chi connectivity index (χ4n) is 3.20. The molecule has 1 N–H and O–H groups in total. The molecule has 1 aliphatic carbocycles. The maximum absolute atomic E-state index is 12.8. The lowest BCUT2D eigenvalue weighted by Crippen LogP contribution is -2.14. The molecule has 1 fully saturated rings. The summed E-state index contributed by atoms with van der Waals surface area (Å²) in [5.74, 6) is 0.340. The highest BCUT2D eigenvalue weighted by Crippen LogP contribution is 2.47. The van der Waals surface area contributed by atoms with Crippen molar-refractivity contribution >= 4 is 17.3 Å². The van der Waals surface area contributed by atoms with Crippen LogP contribution in [0.5, 0.6) is 11.6 Å². The minimum Gasteiger partial charge on any atom is -0.439 e. The molecule has 1 amide bonds. The van der Waals surface area contributed by atoms with Gasteiger partial charge in [-0.05, 0) is 49.1 Å². The number of nitriles is 1. The number of nitrogens with zero attached hydrogens (tertiary/aromatic N) is 3. The molecule has 0 saturated heterocycles. The third kappa shape index (κ3) is 4.21. The molecular formula is C23H18N4O4. The van der Waals surface area contributed by atoms with Gasteiger partial charge in [0.2, 0.25) is 5.88 Å². The average molecular weight is 414 g/mol. The van der Waals surface area contributed by atoms with Crippen molar-refractivity contribution < 1.29 is 14.5 Å². The van der Waals surface area contributed by atoms with Crippen molar-refractivity contribution in [1.82, 2.24) is 4.98 Å². The van der Waals surface area contributed by atoms with E-state index in [4.69, 9.17) is 4.74 Å². The van der Waals surface area contributed by atoms with E-state index in [9.17, 15) is 20.2 Å². The molecule has 8 nitrogen and oxygen atoms in total. The third-order valence-electron chi connectivity index (χ3n) is 5.25. The number of nitro groups is 1. The van der Waals surface area contributed by atoms with E-state index >= 15 is 0 Å². The Morgan fingerprint density at radius 2 is 2.03 bits per heavy atom. The fraction of sp³-hybridized carbons (Fsp3) is 0.174. The predicted octanol–water partition coefficient (Wildman–Crippen LogP) is 4.90. The molecule has 0 radical (unpaired) electrons. The quantitative estimate of drug-likeness (QED) is 0.453. The monoisotopic (exact) mass is 414 g/mol. The van der Waals surface area contributed by atoms with Crippen LogP contribution in [0.2, 0.25) is 0 Å². The lowest BCUT2D eigenvalue weighted by atomic mass is 9.96. The van der Waals surface area contributed by atoms with E-state index in [2.05, 4.69) is 16.4 Å². The number of benzene rings is 2. The molecule has 4 rings (SSSR count). The molecule has 0 bridgehead atoms. The molecule has 3 aromatic rings. The normalized spacial score (nSPS) is 13.7. The van der Waals surface area contributed by atoms with Gasteiger partial charge in [-0.1, -0.05) is 18.2 Å². The maximum atomic E-state index is 12.8. The van der Waals surface area contributed by atoms with Crippen LogP contribution in [-0.4, -0.2) is 15.8 Å². The number of aryl methyl sites for hydroxylation is 1. The summed E-state index contributed by atoms with van der Waals surface area (Å²) in [7, 11) is 0. The van der Waals surface area contributed by atoms with Crippen molar-refractivity contribution in [2.45, 2.75) is 25.2 Å². The van der Waals surface area contributed by atoms with Gasteiger partial charge in [-0.25, -0.2) is 4.98 Å². The van der Waals surface area contributed by atoms with Crippen LogP contribution in [0.4, 0.5) is 11.4 Å². The zero-order valence-electron chi connectivity index (χ0n) is 16.7. The Kier molecular flexibility index (Phi) is 5.09. The molecule has 0 aliphatic heterocycles. The lowest BCUT2D eigenvalue weighted by molar-refractivity contribution is -0.385. The highest BCUT2D eigenvalue weighted by atomic mass is 16.6. The van der Waals surface area contributed by atoms with E-state index in [1.165, 1.54) is 12.1 Å². The number of ether oxygens (including phenoxy) is 1. The maximum Gasteiger partial charge on any atom is 0.287 e. The largest absolute Gasteiger partial charge is 0.439 e. The van der Waals surface area contributed by atoms with Crippen LogP contribution in [-0.2, 0) is 5.41 Å². The predicted molar refractivity (Wildman–Crippen MR) is 113 cm³/mol. The van der Waals surface area contributed by atoms with Gasteiger partial charge in [-0.2, -0.15) is 5.26 Å². The third-order valence-corrected chi connectivity index (χ3v) is 5.25. The SMILES string of the molecule is Cc1ccc(Oc2ccc([N+](=O)[O-])cn2)cc1NC(=O)c1cccc(C2(C#N)CC2)c1. The van der Waals surface area contributed by atoms with Crippen molar-refractivity contribution in [2.75, 3.05) is 5.32 Å². The van der Waals surface area contributed by atoms with E-state index in [0.29, 0.717) is 17.0 Å². The first kappa shape index (κ1) is 20.0. The Morgan fingerprint density at radius 3 is 2.68 bits per heavy atom. The van der Waals surface area contributed by atoms with Gasteiger partial charge in [-0.15, -0.1) is 0 Å². The standard InChI is InChI=1S/C23H18N4O4/c1-15-5-7-19(31-21-8-6-18(13-25-21)27(29)30)12-20(15)26-22(28)16-3-2-4-17(11-16)23(14-24)9-10-23/h2-8,11-13H,9-10H2,1H3,(H,26,28). The minimum absolute atomic E-state index is 0.129. The molecule has 1 aromatic heterocycles. The summed E-state index contributed by atoms with van der Waals surface area (Å²) in [4.78, 5) is 26.9. The van der Waals surface area contributed by atoms with E-state index < -0.39 is 10.3 Å². The van der Waals surface area contributed by atoms with E-state index in [0.717, 1.165) is 30.2 Å². The first-order valence-corrected chi connectivity index (χ1v) is 9.62. The summed E-state index contributed by atoms with van der Waals surface area (Å²) < 4.78 is 5.66. The number of carbonyl (C=O) groups is 1. The van der Waals surface area contributed by atoms with Crippen LogP contribution < -0.4 is 10.1 Å². The number of hydrogen-bond donors (Lipinski definition) is 1. The molecule has 1 heterocycles. The Labute approximate surface area is 178 Å². The van der Waals surface area contributed by atoms with Crippen molar-refractivity contribution in [1.29, 1.82) is 5.26 Å². The summed E-state index contributed by atoms with van der Waals surface area (Å²) in [5, 5.41) is 23.0. The van der Waals surface area contributed by atoms with Gasteiger partial charge in [0.15, 0.2) is 0 Å². The molecule has 2 aromatic carbocycles. The summed E-state index contributed by atoms with van der Waals surface area (Å²) in [5.41, 5.74) is 2.15. The molecule has 0 spiro atoms. The zero-order valence-corrected chi connectivity index (χ0v) is 16.7. The Balaban J connectivity index is 1.51. The van der Waals surface area contributed by atoms with Crippen molar-refractivity contribution in [2.24, 2.45) is 0 Å². The van der Waals surface area contributed by atoms with Gasteiger partial charge in [0.25, 0.3) is 11.6 Å². The average Bonchev–Trinajstić information content (AvgIpc) is 3.58. The molecule has 1 aliphatic rings. The van der Waals surface area contributed by atoms with E-state index in [1.54, 1.807) is 36.4 Å². The van der Waals surface area contributed by atoms with Crippen molar-refractivity contribution in [3.63, 3.8) is 0 Å². The first-order valence-electron chi connectivity index (χ1n) is 9.62. The van der Waals surface area contributed by atoms with Crippen molar-refractivity contribution in [3.8, 4) is 17.7 Å². The lowest BCUT2D eigenvalue weighted by Gasteiger charge is -2.12. The second kappa shape index (κ2) is 7.88.